The molecule has 4 nitrogen and oxygen atoms in total. The minimum atomic E-state index is 0.571. The highest BCUT2D eigenvalue weighted by atomic mass is 79.9. The predicted molar refractivity (Wildman–Crippen MR) is 82.2 cm³/mol. The van der Waals surface area contributed by atoms with Crippen molar-refractivity contribution in [3.8, 4) is 0 Å². The van der Waals surface area contributed by atoms with Crippen LogP contribution in [0.2, 0.25) is 0 Å². The van der Waals surface area contributed by atoms with Crippen LogP contribution in [-0.4, -0.2) is 39.9 Å². The second-order valence-electron chi connectivity index (χ2n) is 5.65. The second-order valence-corrected chi connectivity index (χ2v) is 6.44. The van der Waals surface area contributed by atoms with E-state index in [-0.39, 0.29) is 0 Å². The van der Waals surface area contributed by atoms with Gasteiger partial charge in [0.05, 0.1) is 15.9 Å². The van der Waals surface area contributed by atoms with Crippen LogP contribution in [0, 0.1) is 6.92 Å². The summed E-state index contributed by atoms with van der Waals surface area (Å²) in [5, 5.41) is 8.08. The molecular formula is C14H25BrN4. The molecule has 19 heavy (non-hydrogen) atoms. The third kappa shape index (κ3) is 3.38. The Balaban J connectivity index is 2.13. The van der Waals surface area contributed by atoms with Gasteiger partial charge in [0.25, 0.3) is 0 Å². The van der Waals surface area contributed by atoms with Crippen LogP contribution < -0.4 is 5.32 Å². The van der Waals surface area contributed by atoms with Crippen LogP contribution in [0.25, 0.3) is 0 Å². The average Bonchev–Trinajstić information content (AvgIpc) is 2.59. The van der Waals surface area contributed by atoms with E-state index in [0.717, 1.165) is 29.8 Å². The highest BCUT2D eigenvalue weighted by molar-refractivity contribution is 9.10. The maximum Gasteiger partial charge on any atom is 0.0739 e. The minimum absolute atomic E-state index is 0.571. The number of nitrogens with zero attached hydrogens (tertiary/aromatic N) is 3. The van der Waals surface area contributed by atoms with Gasteiger partial charge in [-0.15, -0.1) is 0 Å². The number of halogens is 1. The SMILES string of the molecule is CCCC1CNC(C)CN1Cc1c(Br)c(C)nn1C. The van der Waals surface area contributed by atoms with Crippen LogP contribution in [0.4, 0.5) is 0 Å². The Morgan fingerprint density at radius 3 is 2.79 bits per heavy atom. The Kier molecular flexibility index (Phi) is 5.03. The van der Waals surface area contributed by atoms with Gasteiger partial charge >= 0.3 is 0 Å². The summed E-state index contributed by atoms with van der Waals surface area (Å²) < 4.78 is 3.17. The van der Waals surface area contributed by atoms with Crippen molar-refractivity contribution in [2.45, 2.75) is 52.2 Å². The van der Waals surface area contributed by atoms with E-state index in [1.54, 1.807) is 0 Å². The van der Waals surface area contributed by atoms with Gasteiger partial charge in [-0.2, -0.15) is 5.10 Å². The molecule has 5 heteroatoms. The van der Waals surface area contributed by atoms with Crippen LogP contribution in [0.1, 0.15) is 38.1 Å². The first-order valence-corrected chi connectivity index (χ1v) is 7.97. The van der Waals surface area contributed by atoms with Gasteiger partial charge in [-0.1, -0.05) is 13.3 Å². The van der Waals surface area contributed by atoms with Gasteiger partial charge in [-0.3, -0.25) is 9.58 Å². The van der Waals surface area contributed by atoms with E-state index in [1.165, 1.54) is 18.5 Å². The van der Waals surface area contributed by atoms with Gasteiger partial charge in [-0.05, 0) is 36.2 Å². The summed E-state index contributed by atoms with van der Waals surface area (Å²) in [6.07, 6.45) is 2.50. The van der Waals surface area contributed by atoms with E-state index in [2.05, 4.69) is 52.0 Å². The van der Waals surface area contributed by atoms with Gasteiger partial charge in [-0.25, -0.2) is 0 Å². The lowest BCUT2D eigenvalue weighted by Crippen LogP contribution is -2.55. The Morgan fingerprint density at radius 1 is 1.47 bits per heavy atom. The van der Waals surface area contributed by atoms with Crippen molar-refractivity contribution < 1.29 is 0 Å². The lowest BCUT2D eigenvalue weighted by molar-refractivity contribution is 0.117. The van der Waals surface area contributed by atoms with Gasteiger partial charge < -0.3 is 5.32 Å². The predicted octanol–water partition coefficient (Wildman–Crippen LogP) is 2.45. The van der Waals surface area contributed by atoms with Crippen molar-refractivity contribution in [2.75, 3.05) is 13.1 Å². The van der Waals surface area contributed by atoms with Crippen molar-refractivity contribution in [2.24, 2.45) is 7.05 Å². The molecule has 0 aliphatic carbocycles. The molecule has 2 unspecified atom stereocenters. The molecule has 1 aromatic rings. The monoisotopic (exact) mass is 328 g/mol. The number of aromatic nitrogens is 2. The first-order valence-electron chi connectivity index (χ1n) is 7.18. The van der Waals surface area contributed by atoms with Crippen molar-refractivity contribution in [1.82, 2.24) is 20.0 Å². The van der Waals surface area contributed by atoms with E-state index >= 15 is 0 Å². The number of hydrogen-bond donors (Lipinski definition) is 1. The number of rotatable bonds is 4. The molecule has 0 amide bonds. The van der Waals surface area contributed by atoms with Crippen molar-refractivity contribution in [3.63, 3.8) is 0 Å². The number of aryl methyl sites for hydroxylation is 2. The van der Waals surface area contributed by atoms with Crippen LogP contribution in [0.15, 0.2) is 4.47 Å². The summed E-state index contributed by atoms with van der Waals surface area (Å²) in [4.78, 5) is 2.60. The van der Waals surface area contributed by atoms with Crippen molar-refractivity contribution in [3.05, 3.63) is 15.9 Å². The maximum atomic E-state index is 4.49. The Labute approximate surface area is 124 Å². The number of nitrogens with one attached hydrogen (secondary N) is 1. The molecule has 0 bridgehead atoms. The fourth-order valence-electron chi connectivity index (χ4n) is 2.89. The molecule has 1 aromatic heterocycles. The van der Waals surface area contributed by atoms with Crippen LogP contribution in [0.5, 0.6) is 0 Å². The molecule has 1 fully saturated rings. The summed E-state index contributed by atoms with van der Waals surface area (Å²) >= 11 is 3.68. The molecule has 1 N–H and O–H groups in total. The zero-order valence-corrected chi connectivity index (χ0v) is 14.0. The fraction of sp³-hybridized carbons (Fsp3) is 0.786. The third-order valence-electron chi connectivity index (χ3n) is 3.96. The van der Waals surface area contributed by atoms with Crippen LogP contribution in [-0.2, 0) is 13.6 Å². The zero-order valence-electron chi connectivity index (χ0n) is 12.4. The molecule has 0 spiro atoms. The van der Waals surface area contributed by atoms with Gasteiger partial charge in [0.15, 0.2) is 0 Å². The van der Waals surface area contributed by atoms with E-state index in [0.29, 0.717) is 12.1 Å². The molecule has 1 aliphatic heterocycles. The molecule has 1 saturated heterocycles. The normalized spacial score (nSPS) is 24.9. The molecule has 2 atom stereocenters. The lowest BCUT2D eigenvalue weighted by atomic mass is 10.0. The summed E-state index contributed by atoms with van der Waals surface area (Å²) in [5.41, 5.74) is 2.36. The lowest BCUT2D eigenvalue weighted by Gasteiger charge is -2.39. The zero-order chi connectivity index (χ0) is 14.0. The third-order valence-corrected chi connectivity index (χ3v) is 4.99. The summed E-state index contributed by atoms with van der Waals surface area (Å²) in [6, 6.07) is 1.21. The van der Waals surface area contributed by atoms with E-state index in [1.807, 2.05) is 11.7 Å². The molecule has 0 aromatic carbocycles. The average molecular weight is 329 g/mol. The number of piperazine rings is 1. The summed E-state index contributed by atoms with van der Waals surface area (Å²) in [6.45, 7) is 9.77. The molecule has 2 heterocycles. The topological polar surface area (TPSA) is 33.1 Å². The van der Waals surface area contributed by atoms with E-state index in [4.69, 9.17) is 0 Å². The van der Waals surface area contributed by atoms with Gasteiger partial charge in [0, 0.05) is 38.8 Å². The number of hydrogen-bond acceptors (Lipinski definition) is 3. The molecule has 2 rings (SSSR count). The summed E-state index contributed by atoms with van der Waals surface area (Å²) in [7, 11) is 2.04. The summed E-state index contributed by atoms with van der Waals surface area (Å²) in [5.74, 6) is 0. The van der Waals surface area contributed by atoms with Crippen LogP contribution in [0.3, 0.4) is 0 Å². The fourth-order valence-corrected chi connectivity index (χ4v) is 3.35. The molecule has 108 valence electrons. The van der Waals surface area contributed by atoms with Gasteiger partial charge in [0.2, 0.25) is 0 Å². The molecule has 1 aliphatic rings. The smallest absolute Gasteiger partial charge is 0.0739 e. The minimum Gasteiger partial charge on any atom is -0.311 e. The Hall–Kier alpha value is -0.390. The van der Waals surface area contributed by atoms with Crippen molar-refractivity contribution >= 4 is 15.9 Å². The van der Waals surface area contributed by atoms with E-state index < -0.39 is 0 Å². The Bertz CT molecular complexity index is 429. The molecular weight excluding hydrogens is 304 g/mol. The highest BCUT2D eigenvalue weighted by Crippen LogP contribution is 2.24. The van der Waals surface area contributed by atoms with Gasteiger partial charge in [0.1, 0.15) is 0 Å². The Morgan fingerprint density at radius 2 is 2.21 bits per heavy atom. The molecule has 0 radical (unpaired) electrons. The van der Waals surface area contributed by atoms with Crippen molar-refractivity contribution in [1.29, 1.82) is 0 Å². The quantitative estimate of drug-likeness (QED) is 0.921. The van der Waals surface area contributed by atoms with Crippen LogP contribution >= 0.6 is 15.9 Å². The largest absolute Gasteiger partial charge is 0.311 e. The first-order chi connectivity index (χ1) is 9.02. The molecule has 0 saturated carbocycles. The van der Waals surface area contributed by atoms with E-state index in [9.17, 15) is 0 Å². The first kappa shape index (κ1) is 15.0. The highest BCUT2D eigenvalue weighted by Gasteiger charge is 2.26. The second kappa shape index (κ2) is 6.37. The maximum absolute atomic E-state index is 4.49. The standard InChI is InChI=1S/C14H25BrN4/c1-5-6-12-7-16-10(2)8-19(12)9-13-14(15)11(3)17-18(13)4/h10,12,16H,5-9H2,1-4H3.